The lowest BCUT2D eigenvalue weighted by Crippen LogP contribution is -2.33. The second-order valence-corrected chi connectivity index (χ2v) is 4.21. The number of aliphatic hydroxyl groups is 2. The van der Waals surface area contributed by atoms with Crippen LogP contribution in [0.3, 0.4) is 0 Å². The number of hydrogen-bond donors (Lipinski definition) is 6. The van der Waals surface area contributed by atoms with Crippen LogP contribution >= 0.6 is 0 Å². The Hall–Kier alpha value is -2.32. The molecule has 0 atom stereocenters. The highest BCUT2D eigenvalue weighted by atomic mass is 16.3. The van der Waals surface area contributed by atoms with Gasteiger partial charge >= 0.3 is 12.1 Å². The van der Waals surface area contributed by atoms with E-state index in [0.717, 1.165) is 5.56 Å². The molecule has 116 valence electrons. The van der Waals surface area contributed by atoms with Gasteiger partial charge in [0.15, 0.2) is 0 Å². The average molecular weight is 296 g/mol. The molecule has 8 heteroatoms. The maximum atomic E-state index is 11.6. The van der Waals surface area contributed by atoms with Crippen molar-refractivity contribution < 1.29 is 19.8 Å². The third-order valence-electron chi connectivity index (χ3n) is 2.55. The van der Waals surface area contributed by atoms with Gasteiger partial charge in [-0.2, -0.15) is 0 Å². The molecule has 0 aromatic heterocycles. The highest BCUT2D eigenvalue weighted by molar-refractivity contribution is 5.99. The number of rotatable bonds is 6. The number of nitrogens with one attached hydrogen (secondary N) is 4. The fourth-order valence-electron chi connectivity index (χ4n) is 1.60. The zero-order valence-corrected chi connectivity index (χ0v) is 11.8. The summed E-state index contributed by atoms with van der Waals surface area (Å²) in [5, 5.41) is 27.4. The Morgan fingerprint density at radius 3 is 2.14 bits per heavy atom. The Bertz CT molecular complexity index is 493. The molecule has 4 amide bonds. The highest BCUT2D eigenvalue weighted by Crippen LogP contribution is 2.25. The summed E-state index contributed by atoms with van der Waals surface area (Å²) in [6.07, 6.45) is 0. The van der Waals surface area contributed by atoms with Crippen LogP contribution in [-0.2, 0) is 0 Å². The molecular formula is C13H20N4O4. The van der Waals surface area contributed by atoms with Gasteiger partial charge in [0, 0.05) is 13.1 Å². The molecule has 0 saturated heterocycles. The number of aliphatic hydroxyl groups excluding tert-OH is 2. The van der Waals surface area contributed by atoms with Crippen LogP contribution in [0, 0.1) is 6.92 Å². The predicted molar refractivity (Wildman–Crippen MR) is 79.4 cm³/mol. The SMILES string of the molecule is Cc1cccc(NC(=O)NCCO)c1NC(=O)NCCO. The first-order valence-corrected chi connectivity index (χ1v) is 6.49. The van der Waals surface area contributed by atoms with E-state index in [0.29, 0.717) is 11.4 Å². The van der Waals surface area contributed by atoms with Crippen molar-refractivity contribution in [2.75, 3.05) is 36.9 Å². The molecule has 1 aromatic carbocycles. The van der Waals surface area contributed by atoms with E-state index in [2.05, 4.69) is 21.3 Å². The van der Waals surface area contributed by atoms with Crippen molar-refractivity contribution >= 4 is 23.4 Å². The molecule has 8 nitrogen and oxygen atoms in total. The molecular weight excluding hydrogens is 276 g/mol. The van der Waals surface area contributed by atoms with Gasteiger partial charge in [-0.3, -0.25) is 0 Å². The van der Waals surface area contributed by atoms with Crippen molar-refractivity contribution in [2.24, 2.45) is 0 Å². The largest absolute Gasteiger partial charge is 0.395 e. The number of anilines is 2. The fraction of sp³-hybridized carbons (Fsp3) is 0.385. The van der Waals surface area contributed by atoms with Crippen LogP contribution in [0.1, 0.15) is 5.56 Å². The first-order chi connectivity index (χ1) is 10.1. The van der Waals surface area contributed by atoms with Crippen molar-refractivity contribution in [2.45, 2.75) is 6.92 Å². The molecule has 0 heterocycles. The minimum absolute atomic E-state index is 0.136. The summed E-state index contributed by atoms with van der Waals surface area (Å²) < 4.78 is 0. The average Bonchev–Trinajstić information content (AvgIpc) is 2.46. The molecule has 1 rings (SSSR count). The van der Waals surface area contributed by atoms with E-state index >= 15 is 0 Å². The van der Waals surface area contributed by atoms with Gasteiger partial charge in [-0.25, -0.2) is 9.59 Å². The summed E-state index contributed by atoms with van der Waals surface area (Å²) in [6.45, 7) is 1.75. The second kappa shape index (κ2) is 8.77. The normalized spacial score (nSPS) is 9.86. The van der Waals surface area contributed by atoms with Crippen molar-refractivity contribution in [1.82, 2.24) is 10.6 Å². The Labute approximate surface area is 122 Å². The monoisotopic (exact) mass is 296 g/mol. The van der Waals surface area contributed by atoms with E-state index in [4.69, 9.17) is 10.2 Å². The van der Waals surface area contributed by atoms with Crippen molar-refractivity contribution in [1.29, 1.82) is 0 Å². The lowest BCUT2D eigenvalue weighted by atomic mass is 10.1. The predicted octanol–water partition coefficient (Wildman–Crippen LogP) is 0.223. The Morgan fingerprint density at radius 2 is 1.57 bits per heavy atom. The first-order valence-electron chi connectivity index (χ1n) is 6.49. The van der Waals surface area contributed by atoms with E-state index in [1.54, 1.807) is 25.1 Å². The fourth-order valence-corrected chi connectivity index (χ4v) is 1.60. The number of amides is 4. The van der Waals surface area contributed by atoms with Crippen LogP contribution in [0.5, 0.6) is 0 Å². The molecule has 0 aliphatic carbocycles. The third kappa shape index (κ3) is 5.67. The molecule has 0 bridgehead atoms. The number of carbonyl (C=O) groups excluding carboxylic acids is 2. The standard InChI is InChI=1S/C13H20N4O4/c1-9-3-2-4-10(16-12(20)14-5-7-18)11(9)17-13(21)15-6-8-19/h2-4,18-19H,5-8H2,1H3,(H2,14,16,20)(H2,15,17,21). The molecule has 0 saturated carbocycles. The summed E-state index contributed by atoms with van der Waals surface area (Å²) in [5.41, 5.74) is 1.67. The number of benzene rings is 1. The van der Waals surface area contributed by atoms with E-state index in [9.17, 15) is 9.59 Å². The van der Waals surface area contributed by atoms with Gasteiger partial charge in [0.05, 0.1) is 24.6 Å². The molecule has 1 aromatic rings. The van der Waals surface area contributed by atoms with Crippen LogP contribution in [0.25, 0.3) is 0 Å². The van der Waals surface area contributed by atoms with Crippen molar-refractivity contribution in [3.05, 3.63) is 23.8 Å². The van der Waals surface area contributed by atoms with Gasteiger partial charge in [-0.05, 0) is 18.6 Å². The van der Waals surface area contributed by atoms with Gasteiger partial charge in [0.1, 0.15) is 0 Å². The zero-order chi connectivity index (χ0) is 15.7. The molecule has 0 unspecified atom stereocenters. The van der Waals surface area contributed by atoms with Gasteiger partial charge in [0.2, 0.25) is 0 Å². The van der Waals surface area contributed by atoms with Crippen LogP contribution in [0.15, 0.2) is 18.2 Å². The van der Waals surface area contributed by atoms with Crippen molar-refractivity contribution in [3.63, 3.8) is 0 Å². The topological polar surface area (TPSA) is 123 Å². The van der Waals surface area contributed by atoms with E-state index in [-0.39, 0.29) is 26.3 Å². The lowest BCUT2D eigenvalue weighted by Gasteiger charge is -2.15. The first kappa shape index (κ1) is 16.7. The Morgan fingerprint density at radius 1 is 1.00 bits per heavy atom. The number of para-hydroxylation sites is 1. The molecule has 21 heavy (non-hydrogen) atoms. The van der Waals surface area contributed by atoms with Gasteiger partial charge in [-0.1, -0.05) is 12.1 Å². The number of aryl methyl sites for hydroxylation is 1. The lowest BCUT2D eigenvalue weighted by molar-refractivity contribution is 0.244. The smallest absolute Gasteiger partial charge is 0.319 e. The molecule has 6 N–H and O–H groups in total. The quantitative estimate of drug-likeness (QED) is 0.449. The van der Waals surface area contributed by atoms with Crippen molar-refractivity contribution in [3.8, 4) is 0 Å². The Kier molecular flexibility index (Phi) is 6.99. The van der Waals surface area contributed by atoms with Gasteiger partial charge in [0.25, 0.3) is 0 Å². The summed E-state index contributed by atoms with van der Waals surface area (Å²) in [7, 11) is 0. The van der Waals surface area contributed by atoms with Gasteiger partial charge < -0.3 is 31.5 Å². The van der Waals surface area contributed by atoms with E-state index < -0.39 is 12.1 Å². The maximum Gasteiger partial charge on any atom is 0.319 e. The maximum absolute atomic E-state index is 11.6. The summed E-state index contributed by atoms with van der Waals surface area (Å²) in [5.74, 6) is 0. The number of carbonyl (C=O) groups is 2. The zero-order valence-electron chi connectivity index (χ0n) is 11.8. The minimum atomic E-state index is -0.478. The molecule has 0 aliphatic rings. The van der Waals surface area contributed by atoms with E-state index in [1.807, 2.05) is 0 Å². The molecule has 0 fully saturated rings. The second-order valence-electron chi connectivity index (χ2n) is 4.21. The van der Waals surface area contributed by atoms with Gasteiger partial charge in [-0.15, -0.1) is 0 Å². The molecule has 0 spiro atoms. The Balaban J connectivity index is 2.77. The minimum Gasteiger partial charge on any atom is -0.395 e. The van der Waals surface area contributed by atoms with E-state index in [1.165, 1.54) is 0 Å². The third-order valence-corrected chi connectivity index (χ3v) is 2.55. The molecule has 0 radical (unpaired) electrons. The summed E-state index contributed by atoms with van der Waals surface area (Å²) >= 11 is 0. The number of hydrogen-bond acceptors (Lipinski definition) is 4. The van der Waals surface area contributed by atoms with Crippen LogP contribution in [-0.4, -0.2) is 48.6 Å². The summed E-state index contributed by atoms with van der Waals surface area (Å²) in [6, 6.07) is 4.23. The van der Waals surface area contributed by atoms with Crippen LogP contribution in [0.4, 0.5) is 21.0 Å². The van der Waals surface area contributed by atoms with Crippen LogP contribution in [0.2, 0.25) is 0 Å². The van der Waals surface area contributed by atoms with Crippen LogP contribution < -0.4 is 21.3 Å². The highest BCUT2D eigenvalue weighted by Gasteiger charge is 2.11. The molecule has 0 aliphatic heterocycles. The summed E-state index contributed by atoms with van der Waals surface area (Å²) in [4.78, 5) is 23.2. The number of urea groups is 2.